The molecule has 178 valence electrons. The van der Waals surface area contributed by atoms with Gasteiger partial charge in [-0.3, -0.25) is 4.79 Å². The SMILES string of the molecule is Cc1nn(-c2ccccc2)c(COC(=O)C2CCCN(S(=O)(=O)c3c(C)noc3C)C2)c1C#N. The highest BCUT2D eigenvalue weighted by molar-refractivity contribution is 7.89. The Morgan fingerprint density at radius 1 is 1.24 bits per heavy atom. The van der Waals surface area contributed by atoms with E-state index < -0.39 is 21.9 Å². The zero-order chi connectivity index (χ0) is 24.5. The average molecular weight is 484 g/mol. The van der Waals surface area contributed by atoms with Gasteiger partial charge < -0.3 is 9.26 Å². The molecule has 0 radical (unpaired) electrons. The number of nitriles is 1. The Labute approximate surface area is 197 Å². The van der Waals surface area contributed by atoms with E-state index in [9.17, 15) is 18.5 Å². The maximum absolute atomic E-state index is 13.2. The van der Waals surface area contributed by atoms with Crippen LogP contribution in [0, 0.1) is 38.0 Å². The van der Waals surface area contributed by atoms with Crippen LogP contribution in [0.4, 0.5) is 0 Å². The molecule has 0 saturated carbocycles. The second-order valence-corrected chi connectivity index (χ2v) is 10.1. The lowest BCUT2D eigenvalue weighted by Crippen LogP contribution is -2.43. The van der Waals surface area contributed by atoms with E-state index in [1.54, 1.807) is 25.5 Å². The molecular formula is C23H25N5O5S. The van der Waals surface area contributed by atoms with Crippen LogP contribution in [0.15, 0.2) is 39.8 Å². The van der Waals surface area contributed by atoms with Gasteiger partial charge in [0.05, 0.1) is 23.0 Å². The molecule has 0 aliphatic carbocycles. The van der Waals surface area contributed by atoms with Crippen molar-refractivity contribution in [1.29, 1.82) is 5.26 Å². The molecule has 11 heteroatoms. The van der Waals surface area contributed by atoms with Gasteiger partial charge >= 0.3 is 5.97 Å². The van der Waals surface area contributed by atoms with Crippen molar-refractivity contribution in [3.63, 3.8) is 0 Å². The molecule has 10 nitrogen and oxygen atoms in total. The van der Waals surface area contributed by atoms with E-state index >= 15 is 0 Å². The Bertz CT molecular complexity index is 1330. The van der Waals surface area contributed by atoms with Crippen LogP contribution in [0.5, 0.6) is 0 Å². The van der Waals surface area contributed by atoms with E-state index in [0.29, 0.717) is 36.3 Å². The Balaban J connectivity index is 1.51. The fourth-order valence-corrected chi connectivity index (χ4v) is 6.03. The van der Waals surface area contributed by atoms with Crippen LogP contribution < -0.4 is 0 Å². The minimum atomic E-state index is -3.85. The number of hydrogen-bond acceptors (Lipinski definition) is 8. The summed E-state index contributed by atoms with van der Waals surface area (Å²) in [5, 5.41) is 17.8. The van der Waals surface area contributed by atoms with Crippen LogP contribution in [0.3, 0.4) is 0 Å². The number of para-hydroxylation sites is 1. The molecule has 4 rings (SSSR count). The van der Waals surface area contributed by atoms with Gasteiger partial charge in [0.2, 0.25) is 10.0 Å². The van der Waals surface area contributed by atoms with Crippen molar-refractivity contribution in [3.05, 3.63) is 58.7 Å². The highest BCUT2D eigenvalue weighted by atomic mass is 32.2. The van der Waals surface area contributed by atoms with Gasteiger partial charge in [0.25, 0.3) is 0 Å². The fraction of sp³-hybridized carbons (Fsp3) is 0.391. The van der Waals surface area contributed by atoms with Crippen LogP contribution in [0.25, 0.3) is 5.69 Å². The number of ether oxygens (including phenoxy) is 1. The van der Waals surface area contributed by atoms with E-state index in [-0.39, 0.29) is 29.5 Å². The number of carbonyl (C=O) groups is 1. The molecule has 3 heterocycles. The lowest BCUT2D eigenvalue weighted by Gasteiger charge is -2.30. The molecule has 0 amide bonds. The molecule has 0 N–H and O–H groups in total. The van der Waals surface area contributed by atoms with Crippen molar-refractivity contribution in [2.24, 2.45) is 5.92 Å². The molecule has 1 aliphatic heterocycles. The molecule has 1 aromatic carbocycles. The van der Waals surface area contributed by atoms with E-state index in [2.05, 4.69) is 16.3 Å². The highest BCUT2D eigenvalue weighted by Crippen LogP contribution is 2.28. The Morgan fingerprint density at radius 3 is 2.62 bits per heavy atom. The predicted octanol–water partition coefficient (Wildman–Crippen LogP) is 2.80. The molecule has 3 aromatic rings. The summed E-state index contributed by atoms with van der Waals surface area (Å²) in [5.41, 5.74) is 2.38. The van der Waals surface area contributed by atoms with E-state index in [1.807, 2.05) is 30.3 Å². The number of esters is 1. The van der Waals surface area contributed by atoms with E-state index in [0.717, 1.165) is 5.69 Å². The van der Waals surface area contributed by atoms with Gasteiger partial charge in [-0.15, -0.1) is 0 Å². The summed E-state index contributed by atoms with van der Waals surface area (Å²) in [5.74, 6) is -0.916. The number of sulfonamides is 1. The quantitative estimate of drug-likeness (QED) is 0.489. The summed E-state index contributed by atoms with van der Waals surface area (Å²) in [6.45, 7) is 5.01. The number of piperidine rings is 1. The van der Waals surface area contributed by atoms with E-state index in [1.165, 1.54) is 4.31 Å². The monoisotopic (exact) mass is 483 g/mol. The van der Waals surface area contributed by atoms with Gasteiger partial charge in [0, 0.05) is 13.1 Å². The topological polar surface area (TPSA) is 131 Å². The molecule has 1 atom stereocenters. The van der Waals surface area contributed by atoms with Gasteiger partial charge in [0.1, 0.15) is 28.8 Å². The summed E-state index contributed by atoms with van der Waals surface area (Å²) in [4.78, 5) is 13.0. The average Bonchev–Trinajstić information content (AvgIpc) is 3.35. The molecule has 0 spiro atoms. The van der Waals surface area contributed by atoms with Crippen LogP contribution in [-0.2, 0) is 26.2 Å². The summed E-state index contributed by atoms with van der Waals surface area (Å²) < 4.78 is 39.8. The standard InChI is InChI=1S/C23H25N5O5S/c1-15-20(12-24)21(28(25-15)19-9-5-4-6-10-19)14-32-23(29)18-8-7-11-27(13-18)34(30,31)22-16(2)26-33-17(22)3/h4-6,9-10,18H,7-8,11,13-14H2,1-3H3. The van der Waals surface area contributed by atoms with Gasteiger partial charge in [0.15, 0.2) is 5.76 Å². The van der Waals surface area contributed by atoms with Crippen LogP contribution in [0.1, 0.15) is 41.2 Å². The summed E-state index contributed by atoms with van der Waals surface area (Å²) in [6, 6.07) is 11.4. The first-order valence-corrected chi connectivity index (χ1v) is 12.3. The maximum atomic E-state index is 13.2. The molecule has 1 unspecified atom stereocenters. The first-order valence-electron chi connectivity index (χ1n) is 10.9. The first-order chi connectivity index (χ1) is 16.2. The van der Waals surface area contributed by atoms with Crippen molar-refractivity contribution in [3.8, 4) is 11.8 Å². The molecule has 0 bridgehead atoms. The number of carbonyl (C=O) groups excluding carboxylic acids is 1. The number of aromatic nitrogens is 3. The molecule has 1 aliphatic rings. The van der Waals surface area contributed by atoms with E-state index in [4.69, 9.17) is 9.26 Å². The van der Waals surface area contributed by atoms with Gasteiger partial charge in [-0.05, 0) is 45.7 Å². The minimum absolute atomic E-state index is 0.00725. The second kappa shape index (κ2) is 9.40. The zero-order valence-corrected chi connectivity index (χ0v) is 20.0. The van der Waals surface area contributed by atoms with Crippen molar-refractivity contribution in [2.45, 2.75) is 45.1 Å². The molecule has 1 saturated heterocycles. The summed E-state index contributed by atoms with van der Waals surface area (Å²) >= 11 is 0. The number of hydrogen-bond donors (Lipinski definition) is 0. The van der Waals surface area contributed by atoms with Crippen LogP contribution >= 0.6 is 0 Å². The lowest BCUT2D eigenvalue weighted by atomic mass is 10.00. The third kappa shape index (κ3) is 4.34. The maximum Gasteiger partial charge on any atom is 0.310 e. The van der Waals surface area contributed by atoms with Crippen molar-refractivity contribution in [1.82, 2.24) is 19.2 Å². The van der Waals surface area contributed by atoms with Crippen molar-refractivity contribution in [2.75, 3.05) is 13.1 Å². The van der Waals surface area contributed by atoms with Gasteiger partial charge in [-0.1, -0.05) is 23.4 Å². The highest BCUT2D eigenvalue weighted by Gasteiger charge is 2.37. The summed E-state index contributed by atoms with van der Waals surface area (Å²) in [6.07, 6.45) is 1.03. The Kier molecular flexibility index (Phi) is 6.54. The Hall–Kier alpha value is -3.49. The Morgan fingerprint density at radius 2 is 1.97 bits per heavy atom. The van der Waals surface area contributed by atoms with Gasteiger partial charge in [-0.2, -0.15) is 14.7 Å². The molecule has 34 heavy (non-hydrogen) atoms. The number of aryl methyl sites for hydroxylation is 3. The lowest BCUT2D eigenvalue weighted by molar-refractivity contribution is -0.151. The molecule has 1 fully saturated rings. The van der Waals surface area contributed by atoms with Crippen LogP contribution in [0.2, 0.25) is 0 Å². The molecule has 2 aromatic heterocycles. The van der Waals surface area contributed by atoms with Crippen molar-refractivity contribution < 1.29 is 22.5 Å². The predicted molar refractivity (Wildman–Crippen MR) is 120 cm³/mol. The second-order valence-electron chi connectivity index (χ2n) is 8.23. The smallest absolute Gasteiger partial charge is 0.310 e. The summed E-state index contributed by atoms with van der Waals surface area (Å²) in [7, 11) is -3.85. The normalized spacial score (nSPS) is 16.8. The zero-order valence-electron chi connectivity index (χ0n) is 19.2. The number of rotatable bonds is 6. The fourth-order valence-electron chi connectivity index (χ4n) is 4.22. The van der Waals surface area contributed by atoms with Gasteiger partial charge in [-0.25, -0.2) is 13.1 Å². The van der Waals surface area contributed by atoms with Crippen LogP contribution in [-0.4, -0.2) is 46.7 Å². The largest absolute Gasteiger partial charge is 0.459 e. The first kappa shape index (κ1) is 23.7. The van der Waals surface area contributed by atoms with Crippen molar-refractivity contribution >= 4 is 16.0 Å². The molecular weight excluding hydrogens is 458 g/mol. The third-order valence-electron chi connectivity index (χ3n) is 5.90. The number of benzene rings is 1. The third-order valence-corrected chi connectivity index (χ3v) is 8.01. The number of nitrogens with zero attached hydrogens (tertiary/aromatic N) is 5. The minimum Gasteiger partial charge on any atom is -0.459 e.